The van der Waals surface area contributed by atoms with Crippen molar-refractivity contribution in [2.24, 2.45) is 0 Å². The zero-order valence-corrected chi connectivity index (χ0v) is 12.2. The van der Waals surface area contributed by atoms with Crippen molar-refractivity contribution < 1.29 is 14.6 Å². The van der Waals surface area contributed by atoms with E-state index in [2.05, 4.69) is 12.1 Å². The number of benzene rings is 3. The predicted molar refractivity (Wildman–Crippen MR) is 86.2 cm³/mol. The quantitative estimate of drug-likeness (QED) is 0.744. The van der Waals surface area contributed by atoms with Gasteiger partial charge >= 0.3 is 5.97 Å². The fourth-order valence-corrected chi connectivity index (χ4v) is 2.63. The van der Waals surface area contributed by atoms with Crippen molar-refractivity contribution in [1.82, 2.24) is 0 Å². The molecule has 0 spiro atoms. The maximum atomic E-state index is 11.9. The first-order valence-electron chi connectivity index (χ1n) is 7.05. The Hall–Kier alpha value is -2.81. The third-order valence-corrected chi connectivity index (χ3v) is 3.68. The minimum Gasteiger partial charge on any atom is -0.508 e. The lowest BCUT2D eigenvalue weighted by Gasteiger charge is -2.10. The Morgan fingerprint density at radius 3 is 2.55 bits per heavy atom. The van der Waals surface area contributed by atoms with Gasteiger partial charge in [-0.2, -0.15) is 0 Å². The van der Waals surface area contributed by atoms with Crippen LogP contribution in [0.5, 0.6) is 5.75 Å². The number of phenols is 1. The van der Waals surface area contributed by atoms with E-state index in [-0.39, 0.29) is 11.7 Å². The third kappa shape index (κ3) is 2.79. The van der Waals surface area contributed by atoms with Crippen LogP contribution in [0.4, 0.5) is 0 Å². The summed E-state index contributed by atoms with van der Waals surface area (Å²) in [5.41, 5.74) is 2.69. The Kier molecular flexibility index (Phi) is 3.79. The summed E-state index contributed by atoms with van der Waals surface area (Å²) in [6, 6.07) is 18.9. The summed E-state index contributed by atoms with van der Waals surface area (Å²) in [6.07, 6.45) is 0.715. The number of hydrogen-bond donors (Lipinski definition) is 1. The summed E-state index contributed by atoms with van der Waals surface area (Å²) in [7, 11) is 1.37. The van der Waals surface area contributed by atoms with Crippen molar-refractivity contribution >= 4 is 16.7 Å². The molecule has 0 aromatic heterocycles. The van der Waals surface area contributed by atoms with Gasteiger partial charge in [0.2, 0.25) is 0 Å². The zero-order valence-electron chi connectivity index (χ0n) is 12.2. The van der Waals surface area contributed by atoms with Gasteiger partial charge in [-0.25, -0.2) is 4.79 Å². The van der Waals surface area contributed by atoms with Crippen LogP contribution in [0.15, 0.2) is 60.7 Å². The molecule has 0 radical (unpaired) electrons. The van der Waals surface area contributed by atoms with Gasteiger partial charge in [0.05, 0.1) is 12.7 Å². The van der Waals surface area contributed by atoms with Crippen molar-refractivity contribution in [1.29, 1.82) is 0 Å². The van der Waals surface area contributed by atoms with Gasteiger partial charge in [-0.15, -0.1) is 0 Å². The molecule has 1 N–H and O–H groups in total. The van der Waals surface area contributed by atoms with E-state index in [0.29, 0.717) is 12.0 Å². The number of phenolic OH excluding ortho intramolecular Hbond substituents is 1. The van der Waals surface area contributed by atoms with Gasteiger partial charge < -0.3 is 9.84 Å². The first-order chi connectivity index (χ1) is 10.7. The Bertz CT molecular complexity index is 823. The molecule has 0 saturated heterocycles. The molecule has 3 rings (SSSR count). The van der Waals surface area contributed by atoms with Crippen LogP contribution in [0.2, 0.25) is 0 Å². The van der Waals surface area contributed by atoms with Crippen LogP contribution in [-0.4, -0.2) is 18.2 Å². The van der Waals surface area contributed by atoms with E-state index in [1.54, 1.807) is 18.2 Å². The highest BCUT2D eigenvalue weighted by atomic mass is 16.5. The van der Waals surface area contributed by atoms with E-state index >= 15 is 0 Å². The van der Waals surface area contributed by atoms with Crippen LogP contribution in [0.3, 0.4) is 0 Å². The number of fused-ring (bicyclic) bond motifs is 1. The molecule has 0 atom stereocenters. The monoisotopic (exact) mass is 292 g/mol. The summed E-state index contributed by atoms with van der Waals surface area (Å²) in [6.45, 7) is 0. The highest BCUT2D eigenvalue weighted by Gasteiger charge is 2.11. The summed E-state index contributed by atoms with van der Waals surface area (Å²) >= 11 is 0. The van der Waals surface area contributed by atoms with Gasteiger partial charge in [0.15, 0.2) is 0 Å². The van der Waals surface area contributed by atoms with Gasteiger partial charge in [-0.3, -0.25) is 0 Å². The van der Waals surface area contributed by atoms with Crippen molar-refractivity contribution in [3.05, 3.63) is 77.4 Å². The van der Waals surface area contributed by atoms with E-state index in [1.807, 2.05) is 30.3 Å². The van der Waals surface area contributed by atoms with Crippen LogP contribution in [0.25, 0.3) is 10.8 Å². The fraction of sp³-hybridized carbons (Fsp3) is 0.105. The van der Waals surface area contributed by atoms with Crippen LogP contribution in [0.1, 0.15) is 21.5 Å². The van der Waals surface area contributed by atoms with E-state index < -0.39 is 0 Å². The topological polar surface area (TPSA) is 46.5 Å². The number of aromatic hydroxyl groups is 1. The molecule has 0 aliphatic heterocycles. The summed E-state index contributed by atoms with van der Waals surface area (Å²) < 4.78 is 4.82. The largest absolute Gasteiger partial charge is 0.508 e. The van der Waals surface area contributed by atoms with Crippen LogP contribution < -0.4 is 0 Å². The summed E-state index contributed by atoms with van der Waals surface area (Å²) in [5, 5.41) is 11.5. The highest BCUT2D eigenvalue weighted by Crippen LogP contribution is 2.27. The number of hydrogen-bond acceptors (Lipinski definition) is 3. The zero-order chi connectivity index (χ0) is 15.5. The molecule has 0 fully saturated rings. The molecule has 3 nitrogen and oxygen atoms in total. The van der Waals surface area contributed by atoms with Crippen molar-refractivity contribution in [2.75, 3.05) is 7.11 Å². The average molecular weight is 292 g/mol. The lowest BCUT2D eigenvalue weighted by atomic mass is 9.95. The maximum absolute atomic E-state index is 11.9. The molecule has 0 unspecified atom stereocenters. The van der Waals surface area contributed by atoms with E-state index in [9.17, 15) is 9.90 Å². The summed E-state index contributed by atoms with van der Waals surface area (Å²) in [5.74, 6) is -0.195. The van der Waals surface area contributed by atoms with Gasteiger partial charge in [-0.1, -0.05) is 36.4 Å². The second kappa shape index (κ2) is 5.90. The van der Waals surface area contributed by atoms with Crippen molar-refractivity contribution in [3.8, 4) is 5.75 Å². The normalized spacial score (nSPS) is 10.6. The number of methoxy groups -OCH3 is 1. The van der Waals surface area contributed by atoms with Crippen LogP contribution >= 0.6 is 0 Å². The van der Waals surface area contributed by atoms with Crippen LogP contribution in [0, 0.1) is 0 Å². The number of rotatable bonds is 3. The Balaban J connectivity index is 2.15. The number of carbonyl (C=O) groups is 1. The average Bonchev–Trinajstić information content (AvgIpc) is 2.54. The van der Waals surface area contributed by atoms with Gasteiger partial charge in [-0.05, 0) is 52.6 Å². The minimum atomic E-state index is -0.375. The molecule has 0 saturated carbocycles. The highest BCUT2D eigenvalue weighted by molar-refractivity contribution is 5.97. The number of esters is 1. The first kappa shape index (κ1) is 14.1. The van der Waals surface area contributed by atoms with Crippen molar-refractivity contribution in [2.45, 2.75) is 6.42 Å². The van der Waals surface area contributed by atoms with E-state index in [4.69, 9.17) is 4.74 Å². The number of ether oxygens (including phenoxy) is 1. The minimum absolute atomic E-state index is 0.181. The molecule has 0 bridgehead atoms. The molecule has 3 aromatic carbocycles. The van der Waals surface area contributed by atoms with E-state index in [1.165, 1.54) is 12.7 Å². The Morgan fingerprint density at radius 1 is 1.05 bits per heavy atom. The molecule has 110 valence electrons. The molecule has 0 amide bonds. The Morgan fingerprint density at radius 2 is 1.82 bits per heavy atom. The van der Waals surface area contributed by atoms with Gasteiger partial charge in [0.25, 0.3) is 0 Å². The molecule has 0 aliphatic rings. The predicted octanol–water partition coefficient (Wildman–Crippen LogP) is 3.92. The standard InChI is InChI=1S/C19H16O3/c1-22-19(21)16-10-14(9-13-5-3-2-4-6-13)18-8-7-17(20)12-15(18)11-16/h2-8,10-12,20H,9H2,1H3. The number of carbonyl (C=O) groups excluding carboxylic acids is 1. The third-order valence-electron chi connectivity index (χ3n) is 3.68. The lowest BCUT2D eigenvalue weighted by molar-refractivity contribution is 0.0601. The lowest BCUT2D eigenvalue weighted by Crippen LogP contribution is -2.03. The second-order valence-electron chi connectivity index (χ2n) is 5.19. The molecular formula is C19H16O3. The SMILES string of the molecule is COC(=O)c1cc(Cc2ccccc2)c2ccc(O)cc2c1. The fourth-order valence-electron chi connectivity index (χ4n) is 2.63. The smallest absolute Gasteiger partial charge is 0.337 e. The van der Waals surface area contributed by atoms with Gasteiger partial charge in [0.1, 0.15) is 5.75 Å². The molecule has 3 heteroatoms. The van der Waals surface area contributed by atoms with E-state index in [0.717, 1.165) is 16.3 Å². The first-order valence-corrected chi connectivity index (χ1v) is 7.05. The molecule has 0 aliphatic carbocycles. The molecule has 0 heterocycles. The molecule has 3 aromatic rings. The molecular weight excluding hydrogens is 276 g/mol. The maximum Gasteiger partial charge on any atom is 0.337 e. The van der Waals surface area contributed by atoms with Crippen molar-refractivity contribution in [3.63, 3.8) is 0 Å². The Labute approximate surface area is 128 Å². The van der Waals surface area contributed by atoms with Crippen LogP contribution in [-0.2, 0) is 11.2 Å². The second-order valence-corrected chi connectivity index (χ2v) is 5.19. The van der Waals surface area contributed by atoms with Gasteiger partial charge in [0, 0.05) is 0 Å². The molecule has 22 heavy (non-hydrogen) atoms. The summed E-state index contributed by atoms with van der Waals surface area (Å²) in [4.78, 5) is 11.9.